The van der Waals surface area contributed by atoms with Crippen molar-refractivity contribution in [2.24, 2.45) is 5.73 Å². The summed E-state index contributed by atoms with van der Waals surface area (Å²) in [7, 11) is 0. The summed E-state index contributed by atoms with van der Waals surface area (Å²) in [5.41, 5.74) is 5.46. The van der Waals surface area contributed by atoms with Crippen LogP contribution in [0, 0.1) is 0 Å². The van der Waals surface area contributed by atoms with Gasteiger partial charge >= 0.3 is 12.5 Å². The first-order valence-electron chi connectivity index (χ1n) is 8.99. The Hall–Kier alpha value is -3.43. The van der Waals surface area contributed by atoms with Gasteiger partial charge in [0.25, 0.3) is 5.91 Å². The van der Waals surface area contributed by atoms with Gasteiger partial charge in [-0.3, -0.25) is 4.79 Å². The van der Waals surface area contributed by atoms with Gasteiger partial charge in [0.05, 0.1) is 16.8 Å². The molecular formula is C21H16F6N2O2. The first kappa shape index (κ1) is 22.3. The molecule has 0 bridgehead atoms. The number of amides is 1. The van der Waals surface area contributed by atoms with E-state index in [1.165, 1.54) is 30.3 Å². The number of nitrogens with one attached hydrogen (secondary N) is 1. The van der Waals surface area contributed by atoms with Crippen LogP contribution in [0.15, 0.2) is 48.5 Å². The molecular weight excluding hydrogens is 426 g/mol. The number of benzene rings is 2. The second kappa shape index (κ2) is 8.01. The van der Waals surface area contributed by atoms with Gasteiger partial charge in [0.1, 0.15) is 5.75 Å². The molecule has 3 N–H and O–H groups in total. The van der Waals surface area contributed by atoms with E-state index in [9.17, 15) is 31.1 Å². The molecule has 0 aliphatic rings. The van der Waals surface area contributed by atoms with Crippen molar-refractivity contribution in [3.05, 3.63) is 65.2 Å². The predicted octanol–water partition coefficient (Wildman–Crippen LogP) is 5.93. The zero-order valence-corrected chi connectivity index (χ0v) is 16.0. The minimum atomic E-state index is -4.97. The average molecular weight is 442 g/mol. The third kappa shape index (κ3) is 4.68. The number of rotatable bonds is 5. The largest absolute Gasteiger partial charge is 0.573 e. The number of para-hydroxylation sites is 1. The van der Waals surface area contributed by atoms with Crippen LogP contribution in [0.25, 0.3) is 22.5 Å². The zero-order chi connectivity index (χ0) is 23.0. The molecule has 0 radical (unpaired) electrons. The first-order valence-corrected chi connectivity index (χ1v) is 8.99. The summed E-state index contributed by atoms with van der Waals surface area (Å²) in [6.07, 6.45) is -9.26. The molecule has 3 rings (SSSR count). The first-order chi connectivity index (χ1) is 14.4. The minimum absolute atomic E-state index is 0.0147. The number of H-pyrrole nitrogens is 1. The summed E-state index contributed by atoms with van der Waals surface area (Å²) in [5.74, 6) is -1.46. The number of aromatic nitrogens is 1. The Bertz CT molecular complexity index is 1100. The van der Waals surface area contributed by atoms with E-state index in [1.807, 2.05) is 0 Å². The van der Waals surface area contributed by atoms with Crippen LogP contribution in [0.3, 0.4) is 0 Å². The van der Waals surface area contributed by atoms with Crippen LogP contribution in [0.4, 0.5) is 26.3 Å². The van der Waals surface area contributed by atoms with Crippen LogP contribution in [0.2, 0.25) is 0 Å². The van der Waals surface area contributed by atoms with Crippen LogP contribution in [-0.2, 0) is 12.6 Å². The normalized spacial score (nSPS) is 12.1. The van der Waals surface area contributed by atoms with Crippen molar-refractivity contribution in [3.63, 3.8) is 0 Å². The van der Waals surface area contributed by atoms with Crippen molar-refractivity contribution < 1.29 is 35.9 Å². The lowest BCUT2D eigenvalue weighted by atomic mass is 9.98. The zero-order valence-electron chi connectivity index (χ0n) is 16.0. The molecule has 0 atom stereocenters. The highest BCUT2D eigenvalue weighted by Crippen LogP contribution is 2.40. The number of alkyl halides is 6. The highest BCUT2D eigenvalue weighted by atomic mass is 19.4. The van der Waals surface area contributed by atoms with Gasteiger partial charge < -0.3 is 15.5 Å². The van der Waals surface area contributed by atoms with Crippen molar-refractivity contribution in [3.8, 4) is 28.3 Å². The molecule has 3 aromatic rings. The molecule has 1 heterocycles. The van der Waals surface area contributed by atoms with Gasteiger partial charge in [0.15, 0.2) is 0 Å². The van der Waals surface area contributed by atoms with Crippen LogP contribution >= 0.6 is 0 Å². The molecule has 10 heteroatoms. The van der Waals surface area contributed by atoms with Crippen molar-refractivity contribution in [1.29, 1.82) is 0 Å². The number of primary amides is 1. The fourth-order valence-electron chi connectivity index (χ4n) is 3.33. The number of carbonyl (C=O) groups is 1. The summed E-state index contributed by atoms with van der Waals surface area (Å²) in [4.78, 5) is 15.1. The summed E-state index contributed by atoms with van der Waals surface area (Å²) in [6.45, 7) is 1.69. The third-order valence-corrected chi connectivity index (χ3v) is 4.59. The lowest BCUT2D eigenvalue weighted by Gasteiger charge is -2.13. The summed E-state index contributed by atoms with van der Waals surface area (Å²) in [6, 6.07) is 9.34. The second-order valence-electron chi connectivity index (χ2n) is 6.57. The van der Waals surface area contributed by atoms with Gasteiger partial charge in [0.2, 0.25) is 0 Å². The molecule has 0 saturated heterocycles. The van der Waals surface area contributed by atoms with Crippen LogP contribution < -0.4 is 10.5 Å². The van der Waals surface area contributed by atoms with Crippen molar-refractivity contribution in [2.75, 3.05) is 0 Å². The fourth-order valence-corrected chi connectivity index (χ4v) is 3.33. The van der Waals surface area contributed by atoms with Gasteiger partial charge in [-0.05, 0) is 41.8 Å². The maximum atomic E-state index is 12.9. The molecule has 0 aliphatic carbocycles. The van der Waals surface area contributed by atoms with E-state index in [4.69, 9.17) is 5.73 Å². The topological polar surface area (TPSA) is 68.1 Å². The smallest absolute Gasteiger partial charge is 0.405 e. The molecule has 0 saturated carbocycles. The quantitative estimate of drug-likeness (QED) is 0.481. The molecule has 0 unspecified atom stereocenters. The number of halogens is 6. The number of aromatic amines is 1. The van der Waals surface area contributed by atoms with Gasteiger partial charge in [-0.1, -0.05) is 31.2 Å². The van der Waals surface area contributed by atoms with Crippen LogP contribution in [-0.4, -0.2) is 17.3 Å². The van der Waals surface area contributed by atoms with Crippen molar-refractivity contribution in [2.45, 2.75) is 25.9 Å². The molecule has 31 heavy (non-hydrogen) atoms. The van der Waals surface area contributed by atoms with E-state index in [1.54, 1.807) is 6.92 Å². The highest BCUT2D eigenvalue weighted by Gasteiger charge is 2.34. The Morgan fingerprint density at radius 3 is 2.10 bits per heavy atom. The van der Waals surface area contributed by atoms with Gasteiger partial charge in [-0.2, -0.15) is 13.2 Å². The van der Waals surface area contributed by atoms with E-state index in [2.05, 4.69) is 9.72 Å². The number of hydrogen-bond donors (Lipinski definition) is 2. The van der Waals surface area contributed by atoms with E-state index in [0.717, 1.165) is 18.2 Å². The Labute approximate surface area is 172 Å². The number of hydrogen-bond acceptors (Lipinski definition) is 2. The predicted molar refractivity (Wildman–Crippen MR) is 101 cm³/mol. The standard InChI is InChI=1S/C21H16F6N2O2/c1-2-13-16(19(28)30)18(14-5-3-4-6-15(14)31-21(25,26)27)29-17(13)11-7-9-12(10-8-11)20(22,23)24/h3-10,29H,2H2,1H3,(H2,28,30). The molecule has 0 spiro atoms. The van der Waals surface area contributed by atoms with E-state index in [0.29, 0.717) is 11.1 Å². The van der Waals surface area contributed by atoms with E-state index < -0.39 is 29.8 Å². The fraction of sp³-hybridized carbons (Fsp3) is 0.190. The Morgan fingerprint density at radius 2 is 1.58 bits per heavy atom. The van der Waals surface area contributed by atoms with E-state index >= 15 is 0 Å². The molecule has 1 aromatic heterocycles. The Kier molecular flexibility index (Phi) is 5.75. The minimum Gasteiger partial charge on any atom is -0.405 e. The average Bonchev–Trinajstić information content (AvgIpc) is 3.06. The van der Waals surface area contributed by atoms with Gasteiger partial charge in [-0.25, -0.2) is 0 Å². The molecule has 0 fully saturated rings. The van der Waals surface area contributed by atoms with Gasteiger partial charge in [0, 0.05) is 11.3 Å². The number of nitrogens with two attached hydrogens (primary N) is 1. The number of ether oxygens (including phenoxy) is 1. The maximum absolute atomic E-state index is 12.9. The SMILES string of the molecule is CCc1c(-c2ccc(C(F)(F)F)cc2)[nH]c(-c2ccccc2OC(F)(F)F)c1C(N)=O. The number of carbonyl (C=O) groups excluding carboxylic acids is 1. The Morgan fingerprint density at radius 1 is 0.968 bits per heavy atom. The maximum Gasteiger partial charge on any atom is 0.573 e. The van der Waals surface area contributed by atoms with E-state index in [-0.39, 0.29) is 28.9 Å². The summed E-state index contributed by atoms with van der Waals surface area (Å²) >= 11 is 0. The molecule has 1 amide bonds. The lowest BCUT2D eigenvalue weighted by Crippen LogP contribution is -2.18. The lowest BCUT2D eigenvalue weighted by molar-refractivity contribution is -0.274. The molecule has 4 nitrogen and oxygen atoms in total. The van der Waals surface area contributed by atoms with Crippen LogP contribution in [0.5, 0.6) is 5.75 Å². The monoisotopic (exact) mass is 442 g/mol. The summed E-state index contributed by atoms with van der Waals surface area (Å²) < 4.78 is 81.2. The van der Waals surface area contributed by atoms with Crippen LogP contribution in [0.1, 0.15) is 28.4 Å². The molecule has 164 valence electrons. The van der Waals surface area contributed by atoms with Gasteiger partial charge in [-0.15, -0.1) is 13.2 Å². The Balaban J connectivity index is 2.21. The van der Waals surface area contributed by atoms with Crippen molar-refractivity contribution in [1.82, 2.24) is 4.98 Å². The highest BCUT2D eigenvalue weighted by molar-refractivity contribution is 6.03. The second-order valence-corrected chi connectivity index (χ2v) is 6.57. The third-order valence-electron chi connectivity index (χ3n) is 4.59. The molecule has 2 aromatic carbocycles. The van der Waals surface area contributed by atoms with Crippen molar-refractivity contribution >= 4 is 5.91 Å². The summed E-state index contributed by atoms with van der Waals surface area (Å²) in [5, 5.41) is 0. The molecule has 0 aliphatic heterocycles.